The van der Waals surface area contributed by atoms with Crippen molar-refractivity contribution in [2.75, 3.05) is 23.7 Å². The third-order valence-electron chi connectivity index (χ3n) is 5.89. The summed E-state index contributed by atoms with van der Waals surface area (Å²) in [6.45, 7) is 0.670. The Balaban J connectivity index is 1.56. The van der Waals surface area contributed by atoms with E-state index >= 15 is 0 Å². The molecule has 0 radical (unpaired) electrons. The molecule has 4 heterocycles. The lowest BCUT2D eigenvalue weighted by Crippen LogP contribution is -2.44. The minimum Gasteiger partial charge on any atom is -0.312 e. The monoisotopic (exact) mass is 382 g/mol. The van der Waals surface area contributed by atoms with Crippen LogP contribution < -0.4 is 4.90 Å². The number of amides is 1. The van der Waals surface area contributed by atoms with Crippen molar-refractivity contribution in [2.24, 2.45) is 0 Å². The molecular formula is C16H18N2O5S2. The molecule has 0 aliphatic carbocycles. The number of carbonyl (C=O) groups is 1. The van der Waals surface area contributed by atoms with Crippen LogP contribution in [0.2, 0.25) is 0 Å². The van der Waals surface area contributed by atoms with Crippen LogP contribution in [0.4, 0.5) is 5.69 Å². The lowest BCUT2D eigenvalue weighted by atomic mass is 10.00. The first kappa shape index (κ1) is 15.8. The largest absolute Gasteiger partial charge is 0.312 e. The maximum absolute atomic E-state index is 13.1. The summed E-state index contributed by atoms with van der Waals surface area (Å²) in [6, 6.07) is 2.91. The molecule has 4 aliphatic heterocycles. The summed E-state index contributed by atoms with van der Waals surface area (Å²) in [7, 11) is -6.86. The van der Waals surface area contributed by atoms with Gasteiger partial charge in [0.1, 0.15) is 0 Å². The molecule has 2 fully saturated rings. The number of sulfonamides is 1. The maximum atomic E-state index is 13.1. The van der Waals surface area contributed by atoms with Gasteiger partial charge in [-0.15, -0.1) is 0 Å². The highest BCUT2D eigenvalue weighted by molar-refractivity contribution is 7.93. The summed E-state index contributed by atoms with van der Waals surface area (Å²) in [4.78, 5) is 14.0. The molecule has 1 aromatic carbocycles. The summed E-state index contributed by atoms with van der Waals surface area (Å²) < 4.78 is 51.4. The van der Waals surface area contributed by atoms with E-state index in [1.54, 1.807) is 17.0 Å². The number of aryl methyl sites for hydroxylation is 1. The van der Waals surface area contributed by atoms with E-state index in [4.69, 9.17) is 0 Å². The van der Waals surface area contributed by atoms with Gasteiger partial charge in [0.15, 0.2) is 9.84 Å². The average Bonchev–Trinajstić information content (AvgIpc) is 3.22. The minimum absolute atomic E-state index is 0.0619. The molecule has 5 rings (SSSR count). The second kappa shape index (κ2) is 4.83. The minimum atomic E-state index is -3.72. The van der Waals surface area contributed by atoms with Crippen molar-refractivity contribution < 1.29 is 21.6 Å². The predicted octanol–water partition coefficient (Wildman–Crippen LogP) is 0.0819. The number of sulfone groups is 1. The van der Waals surface area contributed by atoms with Gasteiger partial charge in [-0.05, 0) is 42.5 Å². The molecule has 134 valence electrons. The Morgan fingerprint density at radius 1 is 1.08 bits per heavy atom. The zero-order valence-corrected chi connectivity index (χ0v) is 15.1. The van der Waals surface area contributed by atoms with Crippen molar-refractivity contribution in [3.05, 3.63) is 23.3 Å². The lowest BCUT2D eigenvalue weighted by molar-refractivity contribution is -0.118. The van der Waals surface area contributed by atoms with Crippen molar-refractivity contribution in [1.82, 2.24) is 4.31 Å². The highest BCUT2D eigenvalue weighted by atomic mass is 32.2. The number of rotatable bonds is 2. The summed E-state index contributed by atoms with van der Waals surface area (Å²) in [5.74, 6) is 0.0284. The topological polar surface area (TPSA) is 91.8 Å². The standard InChI is InChI=1S/C16H18N2O5S2/c19-15-2-1-10-5-13(6-11-3-4-17(15)16(10)11)25(22,23)18-8-14-7-12(18)9-24(14,20)21/h5-6,12,14H,1-4,7-9H2. The zero-order valence-electron chi connectivity index (χ0n) is 13.5. The quantitative estimate of drug-likeness (QED) is 0.722. The van der Waals surface area contributed by atoms with Crippen LogP contribution in [-0.2, 0) is 37.5 Å². The molecule has 0 saturated carbocycles. The van der Waals surface area contributed by atoms with E-state index in [1.807, 2.05) is 0 Å². The van der Waals surface area contributed by atoms with Crippen LogP contribution in [0.1, 0.15) is 24.0 Å². The van der Waals surface area contributed by atoms with Crippen molar-refractivity contribution in [1.29, 1.82) is 0 Å². The number of benzene rings is 1. The molecular weight excluding hydrogens is 364 g/mol. The summed E-state index contributed by atoms with van der Waals surface area (Å²) in [5.41, 5.74) is 2.70. The molecule has 9 heteroatoms. The van der Waals surface area contributed by atoms with E-state index in [9.17, 15) is 21.6 Å². The van der Waals surface area contributed by atoms with Crippen LogP contribution in [0.25, 0.3) is 0 Å². The summed E-state index contributed by atoms with van der Waals surface area (Å²) in [5, 5.41) is -0.562. The molecule has 2 atom stereocenters. The Morgan fingerprint density at radius 2 is 1.80 bits per heavy atom. The van der Waals surface area contributed by atoms with Crippen LogP contribution in [-0.4, -0.2) is 57.2 Å². The van der Waals surface area contributed by atoms with Crippen LogP contribution in [0.3, 0.4) is 0 Å². The first-order valence-corrected chi connectivity index (χ1v) is 11.6. The van der Waals surface area contributed by atoms with E-state index in [-0.39, 0.29) is 23.1 Å². The molecule has 1 aromatic rings. The second-order valence-corrected chi connectivity index (χ2v) is 11.5. The molecule has 1 amide bonds. The SMILES string of the molecule is O=C1CCc2cc(S(=O)(=O)N3CC4CC3CS4(=O)=O)cc3c2N1CC3. The maximum Gasteiger partial charge on any atom is 0.243 e. The molecule has 2 unspecified atom stereocenters. The number of anilines is 1. The van der Waals surface area contributed by atoms with Gasteiger partial charge in [-0.2, -0.15) is 4.31 Å². The van der Waals surface area contributed by atoms with Gasteiger partial charge in [-0.1, -0.05) is 0 Å². The van der Waals surface area contributed by atoms with Crippen LogP contribution in [0, 0.1) is 0 Å². The fourth-order valence-corrected chi connectivity index (χ4v) is 8.66. The molecule has 4 aliphatic rings. The number of nitrogens with zero attached hydrogens (tertiary/aromatic N) is 2. The van der Waals surface area contributed by atoms with Crippen molar-refractivity contribution >= 4 is 31.5 Å². The van der Waals surface area contributed by atoms with Crippen LogP contribution in [0.15, 0.2) is 17.0 Å². The molecule has 0 N–H and O–H groups in total. The van der Waals surface area contributed by atoms with E-state index in [2.05, 4.69) is 0 Å². The molecule has 2 saturated heterocycles. The lowest BCUT2D eigenvalue weighted by Gasteiger charge is -2.28. The fourth-order valence-electron chi connectivity index (χ4n) is 4.67. The van der Waals surface area contributed by atoms with Gasteiger partial charge in [0, 0.05) is 25.6 Å². The van der Waals surface area contributed by atoms with Gasteiger partial charge >= 0.3 is 0 Å². The third kappa shape index (κ3) is 2.09. The average molecular weight is 382 g/mol. The third-order valence-corrected chi connectivity index (χ3v) is 9.99. The normalized spacial score (nSPS) is 30.1. The van der Waals surface area contributed by atoms with Gasteiger partial charge in [0.05, 0.1) is 21.6 Å². The van der Waals surface area contributed by atoms with E-state index < -0.39 is 31.2 Å². The van der Waals surface area contributed by atoms with Crippen molar-refractivity contribution in [2.45, 2.75) is 41.9 Å². The molecule has 7 nitrogen and oxygen atoms in total. The highest BCUT2D eigenvalue weighted by Crippen LogP contribution is 2.41. The molecule has 0 spiro atoms. The Kier molecular flexibility index (Phi) is 3.05. The van der Waals surface area contributed by atoms with Gasteiger partial charge in [-0.25, -0.2) is 16.8 Å². The van der Waals surface area contributed by atoms with Crippen molar-refractivity contribution in [3.63, 3.8) is 0 Å². The summed E-state index contributed by atoms with van der Waals surface area (Å²) in [6.07, 6.45) is 2.03. The smallest absolute Gasteiger partial charge is 0.243 e. The first-order chi connectivity index (χ1) is 11.8. The fraction of sp³-hybridized carbons (Fsp3) is 0.562. The van der Waals surface area contributed by atoms with Crippen molar-refractivity contribution in [3.8, 4) is 0 Å². The first-order valence-electron chi connectivity index (χ1n) is 8.47. The Bertz CT molecular complexity index is 1020. The van der Waals surface area contributed by atoms with Gasteiger partial charge in [-0.3, -0.25) is 4.79 Å². The Labute approximate surface area is 146 Å². The Morgan fingerprint density at radius 3 is 2.44 bits per heavy atom. The van der Waals surface area contributed by atoms with Crippen LogP contribution in [0.5, 0.6) is 0 Å². The zero-order chi connectivity index (χ0) is 17.6. The highest BCUT2D eigenvalue weighted by Gasteiger charge is 2.52. The van der Waals surface area contributed by atoms with E-state index in [0.29, 0.717) is 32.2 Å². The van der Waals surface area contributed by atoms with E-state index in [1.165, 1.54) is 4.31 Å². The van der Waals surface area contributed by atoms with Crippen LogP contribution >= 0.6 is 0 Å². The number of hydrogen-bond donors (Lipinski definition) is 0. The van der Waals surface area contributed by atoms with E-state index in [0.717, 1.165) is 16.8 Å². The summed E-state index contributed by atoms with van der Waals surface area (Å²) >= 11 is 0. The van der Waals surface area contributed by atoms with Gasteiger partial charge in [0.2, 0.25) is 15.9 Å². The molecule has 0 aromatic heterocycles. The van der Waals surface area contributed by atoms with Gasteiger partial charge in [0.25, 0.3) is 0 Å². The number of hydrogen-bond acceptors (Lipinski definition) is 5. The molecule has 25 heavy (non-hydrogen) atoms. The number of fused-ring (bicyclic) bond motifs is 2. The predicted molar refractivity (Wildman–Crippen MR) is 90.7 cm³/mol. The molecule has 2 bridgehead atoms. The second-order valence-electron chi connectivity index (χ2n) is 7.30. The van der Waals surface area contributed by atoms with Gasteiger partial charge < -0.3 is 4.90 Å². The Hall–Kier alpha value is -1.45. The number of carbonyl (C=O) groups excluding carboxylic acids is 1.